The third kappa shape index (κ3) is 4.67. The first kappa shape index (κ1) is 21.6. The molecule has 0 bridgehead atoms. The van der Waals surface area contributed by atoms with E-state index < -0.39 is 9.84 Å². The first-order valence-electron chi connectivity index (χ1n) is 9.77. The Balaban J connectivity index is 1.40. The lowest BCUT2D eigenvalue weighted by molar-refractivity contribution is 0.529. The number of rotatable bonds is 5. The van der Waals surface area contributed by atoms with Gasteiger partial charge in [-0.25, -0.2) is 13.4 Å². The first-order chi connectivity index (χ1) is 14.3. The van der Waals surface area contributed by atoms with Gasteiger partial charge in [0.1, 0.15) is 0 Å². The molecule has 3 aromatic rings. The Labute approximate surface area is 191 Å². The van der Waals surface area contributed by atoms with Crippen LogP contribution < -0.4 is 4.90 Å². The molecule has 4 nitrogen and oxygen atoms in total. The number of hydrogen-bond donors (Lipinski definition) is 0. The Kier molecular flexibility index (Phi) is 6.39. The topological polar surface area (TPSA) is 50.3 Å². The maximum atomic E-state index is 13.0. The van der Waals surface area contributed by atoms with Gasteiger partial charge in [0.25, 0.3) is 0 Å². The summed E-state index contributed by atoms with van der Waals surface area (Å²) in [6, 6.07) is 12.6. The number of sulfone groups is 1. The molecule has 2 heterocycles. The van der Waals surface area contributed by atoms with Crippen LogP contribution in [0.4, 0.5) is 5.13 Å². The molecule has 0 N–H and O–H groups in total. The summed E-state index contributed by atoms with van der Waals surface area (Å²) in [7, 11) is -3.30. The molecule has 1 fully saturated rings. The summed E-state index contributed by atoms with van der Waals surface area (Å²) in [5, 5.41) is 3.88. The molecule has 0 aliphatic carbocycles. The highest BCUT2D eigenvalue weighted by molar-refractivity contribution is 7.92. The second kappa shape index (κ2) is 8.87. The average molecular weight is 481 g/mol. The standard InChI is InChI=1S/C22H22Cl2N2O2S2/c1-15-2-6-19(7-3-15)30(27,28)20-8-10-26(11-9-20)22-25-18(14-29-22)12-16-4-5-17(23)13-21(16)24/h2-7,13-14,20H,8-12H2,1H3. The van der Waals surface area contributed by atoms with E-state index >= 15 is 0 Å². The number of piperidine rings is 1. The molecule has 0 atom stereocenters. The van der Waals surface area contributed by atoms with E-state index in [1.54, 1.807) is 29.5 Å². The van der Waals surface area contributed by atoms with E-state index in [0.29, 0.717) is 47.3 Å². The minimum atomic E-state index is -3.30. The van der Waals surface area contributed by atoms with Crippen LogP contribution in [0.5, 0.6) is 0 Å². The van der Waals surface area contributed by atoms with Crippen LogP contribution in [0.3, 0.4) is 0 Å². The van der Waals surface area contributed by atoms with Crippen molar-refractivity contribution in [3.05, 3.63) is 74.7 Å². The van der Waals surface area contributed by atoms with E-state index in [-0.39, 0.29) is 5.25 Å². The molecule has 30 heavy (non-hydrogen) atoms. The Morgan fingerprint density at radius 2 is 1.80 bits per heavy atom. The van der Waals surface area contributed by atoms with E-state index in [4.69, 9.17) is 28.2 Å². The SMILES string of the molecule is Cc1ccc(S(=O)(=O)C2CCN(c3nc(Cc4ccc(Cl)cc4Cl)cs3)CC2)cc1. The van der Waals surface area contributed by atoms with E-state index in [2.05, 4.69) is 4.90 Å². The molecule has 4 rings (SSSR count). The minimum absolute atomic E-state index is 0.344. The molecule has 0 unspecified atom stereocenters. The molecule has 158 valence electrons. The number of nitrogens with zero attached hydrogens (tertiary/aromatic N) is 2. The van der Waals surface area contributed by atoms with Gasteiger partial charge in [0.15, 0.2) is 15.0 Å². The average Bonchev–Trinajstić information content (AvgIpc) is 3.19. The lowest BCUT2D eigenvalue weighted by Crippen LogP contribution is -2.39. The molecule has 0 amide bonds. The Morgan fingerprint density at radius 1 is 1.10 bits per heavy atom. The molecule has 2 aromatic carbocycles. The van der Waals surface area contributed by atoms with Gasteiger partial charge in [0.05, 0.1) is 15.8 Å². The summed E-state index contributed by atoms with van der Waals surface area (Å²) in [5.74, 6) is 0. The summed E-state index contributed by atoms with van der Waals surface area (Å²) in [6.07, 6.45) is 1.85. The Hall–Kier alpha value is -1.60. The van der Waals surface area contributed by atoms with Gasteiger partial charge in [0.2, 0.25) is 0 Å². The zero-order chi connectivity index (χ0) is 21.3. The van der Waals surface area contributed by atoms with Crippen molar-refractivity contribution in [3.63, 3.8) is 0 Å². The fourth-order valence-electron chi connectivity index (χ4n) is 3.66. The van der Waals surface area contributed by atoms with Gasteiger partial charge in [-0.05, 0) is 49.6 Å². The maximum absolute atomic E-state index is 13.0. The first-order valence-corrected chi connectivity index (χ1v) is 12.9. The van der Waals surface area contributed by atoms with Crippen LogP contribution in [0.25, 0.3) is 0 Å². The van der Waals surface area contributed by atoms with E-state index in [0.717, 1.165) is 22.0 Å². The van der Waals surface area contributed by atoms with Gasteiger partial charge in [-0.3, -0.25) is 0 Å². The smallest absolute Gasteiger partial charge is 0.185 e. The normalized spacial score (nSPS) is 15.5. The summed E-state index contributed by atoms with van der Waals surface area (Å²) in [6.45, 7) is 3.33. The number of aromatic nitrogens is 1. The summed E-state index contributed by atoms with van der Waals surface area (Å²) < 4.78 is 25.9. The zero-order valence-corrected chi connectivity index (χ0v) is 19.7. The summed E-state index contributed by atoms with van der Waals surface area (Å²) >= 11 is 13.8. The van der Waals surface area contributed by atoms with Crippen LogP contribution in [0.1, 0.15) is 29.7 Å². The molecular weight excluding hydrogens is 459 g/mol. The molecule has 1 aromatic heterocycles. The third-order valence-corrected chi connectivity index (χ3v) is 9.24. The van der Waals surface area contributed by atoms with Crippen LogP contribution in [0.15, 0.2) is 52.7 Å². The van der Waals surface area contributed by atoms with Crippen LogP contribution in [0.2, 0.25) is 10.0 Å². The summed E-state index contributed by atoms with van der Waals surface area (Å²) in [4.78, 5) is 7.35. The highest BCUT2D eigenvalue weighted by Crippen LogP contribution is 2.30. The Bertz CT molecular complexity index is 1140. The van der Waals surface area contributed by atoms with Crippen LogP contribution in [0, 0.1) is 6.92 Å². The number of benzene rings is 2. The van der Waals surface area contributed by atoms with Crippen LogP contribution in [-0.4, -0.2) is 31.7 Å². The van der Waals surface area contributed by atoms with Crippen LogP contribution >= 0.6 is 34.5 Å². The molecule has 1 aliphatic heterocycles. The molecule has 0 saturated carbocycles. The maximum Gasteiger partial charge on any atom is 0.185 e. The number of anilines is 1. The third-order valence-electron chi connectivity index (χ3n) is 5.43. The fraction of sp³-hybridized carbons (Fsp3) is 0.318. The largest absolute Gasteiger partial charge is 0.348 e. The van der Waals surface area contributed by atoms with Gasteiger partial charge in [-0.15, -0.1) is 11.3 Å². The molecule has 1 aliphatic rings. The number of halogens is 2. The molecule has 0 spiro atoms. The molecule has 0 radical (unpaired) electrons. The van der Waals surface area contributed by atoms with Crippen LogP contribution in [-0.2, 0) is 16.3 Å². The minimum Gasteiger partial charge on any atom is -0.348 e. The van der Waals surface area contributed by atoms with Gasteiger partial charge in [-0.2, -0.15) is 0 Å². The van der Waals surface area contributed by atoms with Crippen molar-refractivity contribution in [2.45, 2.75) is 36.3 Å². The van der Waals surface area contributed by atoms with E-state index in [9.17, 15) is 8.42 Å². The van der Waals surface area contributed by atoms with Gasteiger partial charge < -0.3 is 4.90 Å². The van der Waals surface area contributed by atoms with E-state index in [1.807, 2.05) is 36.6 Å². The van der Waals surface area contributed by atoms with Gasteiger partial charge in [0, 0.05) is 34.9 Å². The van der Waals surface area contributed by atoms with Gasteiger partial charge >= 0.3 is 0 Å². The second-order valence-electron chi connectivity index (χ2n) is 7.58. The van der Waals surface area contributed by atoms with Crippen molar-refractivity contribution in [1.29, 1.82) is 0 Å². The molecular formula is C22H22Cl2N2O2S2. The zero-order valence-electron chi connectivity index (χ0n) is 16.5. The number of hydrogen-bond acceptors (Lipinski definition) is 5. The van der Waals surface area contributed by atoms with Crippen molar-refractivity contribution < 1.29 is 8.42 Å². The highest BCUT2D eigenvalue weighted by Gasteiger charge is 2.32. The quantitative estimate of drug-likeness (QED) is 0.463. The highest BCUT2D eigenvalue weighted by atomic mass is 35.5. The molecule has 8 heteroatoms. The number of aryl methyl sites for hydroxylation is 1. The van der Waals surface area contributed by atoms with Crippen molar-refractivity contribution in [2.75, 3.05) is 18.0 Å². The van der Waals surface area contributed by atoms with Crippen molar-refractivity contribution in [2.24, 2.45) is 0 Å². The predicted octanol–water partition coefficient (Wildman–Crippen LogP) is 5.79. The van der Waals surface area contributed by atoms with E-state index in [1.165, 1.54) is 0 Å². The summed E-state index contributed by atoms with van der Waals surface area (Å²) in [5.41, 5.74) is 3.00. The lowest BCUT2D eigenvalue weighted by atomic mass is 10.1. The predicted molar refractivity (Wildman–Crippen MR) is 125 cm³/mol. The fourth-order valence-corrected chi connectivity index (χ4v) is 6.75. The number of thiazole rings is 1. The Morgan fingerprint density at radius 3 is 2.47 bits per heavy atom. The van der Waals surface area contributed by atoms with Crippen molar-refractivity contribution >= 4 is 49.5 Å². The lowest BCUT2D eigenvalue weighted by Gasteiger charge is -2.31. The van der Waals surface area contributed by atoms with Gasteiger partial charge in [-0.1, -0.05) is 47.0 Å². The molecule has 1 saturated heterocycles. The monoisotopic (exact) mass is 480 g/mol. The van der Waals surface area contributed by atoms with Crippen molar-refractivity contribution in [1.82, 2.24) is 4.98 Å². The second-order valence-corrected chi connectivity index (χ2v) is 11.5. The van der Waals surface area contributed by atoms with Crippen molar-refractivity contribution in [3.8, 4) is 0 Å².